The molecule has 1 heterocycles. The Morgan fingerprint density at radius 1 is 1.44 bits per heavy atom. The van der Waals surface area contributed by atoms with Gasteiger partial charge >= 0.3 is 0 Å². The summed E-state index contributed by atoms with van der Waals surface area (Å²) in [5, 5.41) is 5.15. The average Bonchev–Trinajstić information content (AvgIpc) is 2.76. The fourth-order valence-corrected chi connectivity index (χ4v) is 2.71. The first kappa shape index (κ1) is 12.0. The second kappa shape index (κ2) is 5.73. The van der Waals surface area contributed by atoms with Gasteiger partial charge in [-0.1, -0.05) is 46.7 Å². The lowest BCUT2D eigenvalue weighted by molar-refractivity contribution is 0.839. The molecule has 1 aliphatic heterocycles. The highest BCUT2D eigenvalue weighted by atomic mass is 79.9. The van der Waals surface area contributed by atoms with Gasteiger partial charge in [0.2, 0.25) is 0 Å². The van der Waals surface area contributed by atoms with Crippen LogP contribution in [0.15, 0.2) is 33.7 Å². The van der Waals surface area contributed by atoms with Gasteiger partial charge in [-0.25, -0.2) is 0 Å². The molecule has 1 unspecified atom stereocenters. The number of benzene rings is 1. The molecule has 4 heteroatoms. The zero-order valence-electron chi connectivity index (χ0n) is 9.24. The third-order valence-corrected chi connectivity index (χ3v) is 4.37. The van der Waals surface area contributed by atoms with Gasteiger partial charge < -0.3 is 5.32 Å². The van der Waals surface area contributed by atoms with Gasteiger partial charge in [0.15, 0.2) is 5.17 Å². The zero-order valence-corrected chi connectivity index (χ0v) is 11.6. The summed E-state index contributed by atoms with van der Waals surface area (Å²) in [6, 6.07) is 8.37. The van der Waals surface area contributed by atoms with Gasteiger partial charge in [-0.15, -0.1) is 0 Å². The number of hydrogen-bond donors (Lipinski definition) is 1. The van der Waals surface area contributed by atoms with Gasteiger partial charge in [0, 0.05) is 16.3 Å². The number of amidine groups is 1. The number of hydrogen-bond acceptors (Lipinski definition) is 3. The van der Waals surface area contributed by atoms with Gasteiger partial charge in [0.1, 0.15) is 0 Å². The molecule has 0 spiro atoms. The molecule has 1 N–H and O–H groups in total. The molecule has 16 heavy (non-hydrogen) atoms. The second-order valence-corrected chi connectivity index (χ2v) is 5.98. The highest BCUT2D eigenvalue weighted by Gasteiger charge is 2.16. The van der Waals surface area contributed by atoms with Crippen LogP contribution in [0.1, 0.15) is 18.9 Å². The van der Waals surface area contributed by atoms with Crippen molar-refractivity contribution in [3.8, 4) is 0 Å². The standard InChI is InChI=1S/C12H15BrN2S/c1-2-11-8-15-12(16-11)14-7-9-3-5-10(13)6-4-9/h3-6,11H,2,7-8H2,1H3,(H,14,15). The van der Waals surface area contributed by atoms with E-state index in [1.54, 1.807) is 0 Å². The lowest BCUT2D eigenvalue weighted by Crippen LogP contribution is -2.18. The van der Waals surface area contributed by atoms with E-state index in [1.807, 2.05) is 11.8 Å². The third kappa shape index (κ3) is 3.25. The van der Waals surface area contributed by atoms with E-state index in [2.05, 4.69) is 57.4 Å². The van der Waals surface area contributed by atoms with E-state index in [0.717, 1.165) is 22.7 Å². The Labute approximate surface area is 109 Å². The van der Waals surface area contributed by atoms with Crippen LogP contribution >= 0.6 is 27.7 Å². The molecule has 0 bridgehead atoms. The normalized spacial score (nSPS) is 19.6. The summed E-state index contributed by atoms with van der Waals surface area (Å²) in [6.45, 7) is 4.03. The summed E-state index contributed by atoms with van der Waals surface area (Å²) in [6.07, 6.45) is 1.19. The van der Waals surface area contributed by atoms with Crippen LogP contribution in [0.4, 0.5) is 0 Å². The molecule has 0 saturated carbocycles. The Kier molecular flexibility index (Phi) is 4.29. The van der Waals surface area contributed by atoms with Crippen molar-refractivity contribution in [1.29, 1.82) is 0 Å². The fourth-order valence-electron chi connectivity index (χ4n) is 1.51. The van der Waals surface area contributed by atoms with Crippen molar-refractivity contribution in [1.82, 2.24) is 5.32 Å². The molecular formula is C12H15BrN2S. The number of thioether (sulfide) groups is 1. The van der Waals surface area contributed by atoms with Crippen molar-refractivity contribution in [3.05, 3.63) is 34.3 Å². The Morgan fingerprint density at radius 2 is 2.19 bits per heavy atom. The molecule has 2 rings (SSSR count). The van der Waals surface area contributed by atoms with Crippen LogP contribution in [0.3, 0.4) is 0 Å². The van der Waals surface area contributed by atoms with Crippen LogP contribution in [0.25, 0.3) is 0 Å². The molecule has 1 aromatic rings. The van der Waals surface area contributed by atoms with Crippen molar-refractivity contribution in [2.75, 3.05) is 6.54 Å². The van der Waals surface area contributed by atoms with E-state index in [-0.39, 0.29) is 0 Å². The Morgan fingerprint density at radius 3 is 2.81 bits per heavy atom. The monoisotopic (exact) mass is 298 g/mol. The summed E-state index contributed by atoms with van der Waals surface area (Å²) in [7, 11) is 0. The zero-order chi connectivity index (χ0) is 11.4. The van der Waals surface area contributed by atoms with Crippen LogP contribution in [0.5, 0.6) is 0 Å². The number of rotatable bonds is 3. The number of halogens is 1. The molecule has 0 aliphatic carbocycles. The molecule has 0 aromatic heterocycles. The van der Waals surface area contributed by atoms with Crippen LogP contribution in [0, 0.1) is 0 Å². The van der Waals surface area contributed by atoms with E-state index in [4.69, 9.17) is 0 Å². The molecular weight excluding hydrogens is 284 g/mol. The van der Waals surface area contributed by atoms with E-state index < -0.39 is 0 Å². The van der Waals surface area contributed by atoms with Crippen molar-refractivity contribution in [3.63, 3.8) is 0 Å². The minimum atomic E-state index is 0.674. The molecule has 0 amide bonds. The smallest absolute Gasteiger partial charge is 0.157 e. The Hall–Kier alpha value is -0.480. The summed E-state index contributed by atoms with van der Waals surface area (Å²) in [5.74, 6) is 0. The molecule has 2 nitrogen and oxygen atoms in total. The predicted molar refractivity (Wildman–Crippen MR) is 75.0 cm³/mol. The predicted octanol–water partition coefficient (Wildman–Crippen LogP) is 3.42. The molecule has 0 fully saturated rings. The van der Waals surface area contributed by atoms with Crippen LogP contribution in [0.2, 0.25) is 0 Å². The van der Waals surface area contributed by atoms with Crippen LogP contribution in [-0.4, -0.2) is 17.0 Å². The summed E-state index contributed by atoms with van der Waals surface area (Å²) in [4.78, 5) is 4.48. The lowest BCUT2D eigenvalue weighted by atomic mass is 10.2. The molecule has 86 valence electrons. The lowest BCUT2D eigenvalue weighted by Gasteiger charge is -2.07. The summed E-state index contributed by atoms with van der Waals surface area (Å²) in [5.41, 5.74) is 1.28. The molecule has 0 saturated heterocycles. The van der Waals surface area contributed by atoms with Crippen molar-refractivity contribution in [2.45, 2.75) is 25.1 Å². The van der Waals surface area contributed by atoms with E-state index in [0.29, 0.717) is 5.25 Å². The fraction of sp³-hybridized carbons (Fsp3) is 0.417. The molecule has 0 radical (unpaired) electrons. The number of nitrogens with zero attached hydrogens (tertiary/aromatic N) is 1. The quantitative estimate of drug-likeness (QED) is 0.925. The number of aliphatic imine (C=N–C) groups is 1. The van der Waals surface area contributed by atoms with Gasteiger partial charge in [0.25, 0.3) is 0 Å². The SMILES string of the molecule is CCC1CN=C(NCc2ccc(Br)cc2)S1. The van der Waals surface area contributed by atoms with Crippen LogP contribution < -0.4 is 5.32 Å². The van der Waals surface area contributed by atoms with Gasteiger partial charge in [-0.3, -0.25) is 4.99 Å². The molecule has 1 aromatic carbocycles. The van der Waals surface area contributed by atoms with E-state index in [1.165, 1.54) is 12.0 Å². The summed E-state index contributed by atoms with van der Waals surface area (Å²) < 4.78 is 1.12. The van der Waals surface area contributed by atoms with E-state index in [9.17, 15) is 0 Å². The van der Waals surface area contributed by atoms with Crippen molar-refractivity contribution in [2.24, 2.45) is 4.99 Å². The highest BCUT2D eigenvalue weighted by molar-refractivity contribution is 9.10. The number of nitrogens with one attached hydrogen (secondary N) is 1. The first-order valence-corrected chi connectivity index (χ1v) is 7.14. The maximum absolute atomic E-state index is 4.48. The molecule has 1 aliphatic rings. The first-order valence-electron chi connectivity index (χ1n) is 5.47. The molecule has 1 atom stereocenters. The van der Waals surface area contributed by atoms with Crippen LogP contribution in [-0.2, 0) is 6.54 Å². The van der Waals surface area contributed by atoms with Gasteiger partial charge in [-0.2, -0.15) is 0 Å². The minimum absolute atomic E-state index is 0.674. The van der Waals surface area contributed by atoms with Gasteiger partial charge in [0.05, 0.1) is 6.54 Å². The van der Waals surface area contributed by atoms with Gasteiger partial charge in [-0.05, 0) is 24.1 Å². The van der Waals surface area contributed by atoms with Crippen molar-refractivity contribution < 1.29 is 0 Å². The second-order valence-electron chi connectivity index (χ2n) is 3.77. The van der Waals surface area contributed by atoms with E-state index >= 15 is 0 Å². The topological polar surface area (TPSA) is 24.4 Å². The summed E-state index contributed by atoms with van der Waals surface area (Å²) >= 11 is 5.29. The highest BCUT2D eigenvalue weighted by Crippen LogP contribution is 2.22. The first-order chi connectivity index (χ1) is 7.78. The third-order valence-electron chi connectivity index (χ3n) is 2.53. The maximum atomic E-state index is 4.48. The largest absolute Gasteiger partial charge is 0.361 e. The maximum Gasteiger partial charge on any atom is 0.157 e. The minimum Gasteiger partial charge on any atom is -0.361 e. The Balaban J connectivity index is 1.82. The van der Waals surface area contributed by atoms with Crippen molar-refractivity contribution >= 4 is 32.9 Å². The average molecular weight is 299 g/mol. The Bertz CT molecular complexity index is 375.